The number of aliphatic hydroxyl groups is 2. The van der Waals surface area contributed by atoms with Crippen LogP contribution in [0.1, 0.15) is 44.1 Å². The number of amides is 1. The number of nitrogens with one attached hydrogen (secondary N) is 1. The molecule has 9 heteroatoms. The normalized spacial score (nSPS) is 23.4. The molecule has 1 amide bonds. The first-order chi connectivity index (χ1) is 14.6. The lowest BCUT2D eigenvalue weighted by Crippen LogP contribution is -2.33. The third kappa shape index (κ3) is 4.39. The predicted octanol–water partition coefficient (Wildman–Crippen LogP) is 2.93. The number of carbonyl (C=O) groups is 1. The van der Waals surface area contributed by atoms with Crippen molar-refractivity contribution < 1.29 is 33.3 Å². The topological polar surface area (TPSA) is 101 Å². The molecule has 3 rings (SSSR count). The van der Waals surface area contributed by atoms with Crippen LogP contribution in [0.5, 0.6) is 5.75 Å². The summed E-state index contributed by atoms with van der Waals surface area (Å²) in [5.41, 5.74) is 0.157. The lowest BCUT2D eigenvalue weighted by atomic mass is 9.78. The third-order valence-electron chi connectivity index (χ3n) is 5.86. The van der Waals surface area contributed by atoms with Crippen LogP contribution < -0.4 is 10.1 Å². The molecule has 1 aromatic heterocycles. The van der Waals surface area contributed by atoms with Gasteiger partial charge in [0.2, 0.25) is 5.82 Å². The molecule has 0 unspecified atom stereocenters. The van der Waals surface area contributed by atoms with Gasteiger partial charge in [0.05, 0.1) is 25.0 Å². The molecule has 2 aromatic rings. The first kappa shape index (κ1) is 23.1. The number of hydrogen-bond donors (Lipinski definition) is 3. The zero-order valence-corrected chi connectivity index (χ0v) is 17.7. The minimum Gasteiger partial charge on any atom is -0.493 e. The summed E-state index contributed by atoms with van der Waals surface area (Å²) in [5.74, 6) is -3.75. The van der Waals surface area contributed by atoms with Crippen LogP contribution in [0.4, 0.5) is 14.5 Å². The average Bonchev–Trinajstić information content (AvgIpc) is 2.99. The molecule has 1 fully saturated rings. The molecule has 0 spiro atoms. The van der Waals surface area contributed by atoms with E-state index in [2.05, 4.69) is 10.3 Å². The molecule has 1 aromatic carbocycles. The number of rotatable bonds is 6. The highest BCUT2D eigenvalue weighted by Gasteiger charge is 2.51. The maximum absolute atomic E-state index is 14.4. The summed E-state index contributed by atoms with van der Waals surface area (Å²) >= 11 is 0. The maximum Gasteiger partial charge on any atom is 0.254 e. The van der Waals surface area contributed by atoms with E-state index in [4.69, 9.17) is 14.6 Å². The highest BCUT2D eigenvalue weighted by atomic mass is 19.2. The molecule has 168 valence electrons. The smallest absolute Gasteiger partial charge is 0.254 e. The largest absolute Gasteiger partial charge is 0.493 e. The van der Waals surface area contributed by atoms with Crippen molar-refractivity contribution in [2.24, 2.45) is 5.92 Å². The molecule has 0 radical (unpaired) electrons. The van der Waals surface area contributed by atoms with E-state index in [0.29, 0.717) is 11.3 Å². The van der Waals surface area contributed by atoms with Gasteiger partial charge in [0, 0.05) is 23.4 Å². The number of nitrogens with zero attached hydrogens (tertiary/aromatic N) is 1. The zero-order valence-electron chi connectivity index (χ0n) is 17.7. The second-order valence-corrected chi connectivity index (χ2v) is 8.10. The summed E-state index contributed by atoms with van der Waals surface area (Å²) in [6.45, 7) is 5.01. The summed E-state index contributed by atoms with van der Waals surface area (Å²) in [5, 5.41) is 21.6. The van der Waals surface area contributed by atoms with E-state index >= 15 is 0 Å². The van der Waals surface area contributed by atoms with Gasteiger partial charge >= 0.3 is 0 Å². The number of aliphatic hydroxyl groups excluding tert-OH is 2. The van der Waals surface area contributed by atoms with Gasteiger partial charge in [0.1, 0.15) is 12.2 Å². The quantitative estimate of drug-likeness (QED) is 0.644. The van der Waals surface area contributed by atoms with Gasteiger partial charge in [-0.15, -0.1) is 0 Å². The van der Waals surface area contributed by atoms with E-state index in [1.165, 1.54) is 31.5 Å². The fraction of sp³-hybridized carbons (Fsp3) is 0.455. The Labute approximate surface area is 179 Å². The highest BCUT2D eigenvalue weighted by molar-refractivity contribution is 5.95. The molecular formula is C22H26F2N2O5. The number of aromatic nitrogens is 1. The molecule has 4 atom stereocenters. The van der Waals surface area contributed by atoms with Crippen molar-refractivity contribution in [1.29, 1.82) is 0 Å². The molecule has 0 saturated carbocycles. The molecule has 1 aliphatic heterocycles. The van der Waals surface area contributed by atoms with Gasteiger partial charge in [-0.2, -0.15) is 4.39 Å². The van der Waals surface area contributed by atoms with Gasteiger partial charge < -0.3 is 25.0 Å². The lowest BCUT2D eigenvalue weighted by molar-refractivity contribution is -0.131. The number of pyridine rings is 1. The average molecular weight is 436 g/mol. The number of methoxy groups -OCH3 is 1. The minimum absolute atomic E-state index is 0.195. The van der Waals surface area contributed by atoms with Crippen molar-refractivity contribution >= 4 is 11.6 Å². The Kier molecular flexibility index (Phi) is 6.59. The van der Waals surface area contributed by atoms with Crippen LogP contribution >= 0.6 is 0 Å². The van der Waals surface area contributed by atoms with E-state index in [-0.39, 0.29) is 17.4 Å². The third-order valence-corrected chi connectivity index (χ3v) is 5.86. The number of hydrogen-bond acceptors (Lipinski definition) is 6. The molecule has 1 saturated heterocycles. The van der Waals surface area contributed by atoms with Gasteiger partial charge in [0.25, 0.3) is 5.91 Å². The number of ether oxygens (including phenoxy) is 2. The summed E-state index contributed by atoms with van der Waals surface area (Å²) in [6.07, 6.45) is -0.803. The van der Waals surface area contributed by atoms with Gasteiger partial charge in [-0.25, -0.2) is 4.39 Å². The molecule has 7 nitrogen and oxygen atoms in total. The number of halogens is 2. The Balaban J connectivity index is 1.96. The van der Waals surface area contributed by atoms with Crippen molar-refractivity contribution in [3.05, 3.63) is 53.4 Å². The van der Waals surface area contributed by atoms with Crippen LogP contribution in [0.3, 0.4) is 0 Å². The standard InChI is InChI=1S/C22H26F2N2O5/c1-11-17(13-5-6-14(23)18(24)19(13)30-4)20(31-22(11,2)3)21(29)26-12-7-8-25-15(9-12)16(28)10-27/h5-9,11,16-17,20,27-28H,10H2,1-4H3,(H,25,26,29)/t11-,16+,17-,20+/m0/s1. The van der Waals surface area contributed by atoms with E-state index in [1.54, 1.807) is 0 Å². The molecular weight excluding hydrogens is 410 g/mol. The van der Waals surface area contributed by atoms with E-state index in [1.807, 2.05) is 20.8 Å². The maximum atomic E-state index is 14.4. The van der Waals surface area contributed by atoms with Gasteiger partial charge in [0.15, 0.2) is 11.6 Å². The molecule has 3 N–H and O–H groups in total. The summed E-state index contributed by atoms with van der Waals surface area (Å²) in [6, 6.07) is 5.38. The van der Waals surface area contributed by atoms with Crippen molar-refractivity contribution in [3.63, 3.8) is 0 Å². The minimum atomic E-state index is -1.18. The molecule has 31 heavy (non-hydrogen) atoms. The Morgan fingerprint density at radius 2 is 2.06 bits per heavy atom. The summed E-state index contributed by atoms with van der Waals surface area (Å²) < 4.78 is 39.3. The molecule has 1 aliphatic rings. The van der Waals surface area contributed by atoms with E-state index < -0.39 is 47.9 Å². The SMILES string of the molecule is COc1c([C@H]2[C@H](C(=O)Nc3ccnc([C@H](O)CO)c3)OC(C)(C)[C@H]2C)ccc(F)c1F. The van der Waals surface area contributed by atoms with Crippen LogP contribution in [0.2, 0.25) is 0 Å². The Hall–Kier alpha value is -2.62. The Morgan fingerprint density at radius 3 is 2.71 bits per heavy atom. The van der Waals surface area contributed by atoms with E-state index in [9.17, 15) is 18.7 Å². The lowest BCUT2D eigenvalue weighted by Gasteiger charge is -2.25. The number of anilines is 1. The van der Waals surface area contributed by atoms with Crippen LogP contribution in [-0.2, 0) is 9.53 Å². The molecule has 2 heterocycles. The summed E-state index contributed by atoms with van der Waals surface area (Å²) in [4.78, 5) is 17.1. The molecule has 0 aliphatic carbocycles. The van der Waals surface area contributed by atoms with Gasteiger partial charge in [-0.1, -0.05) is 13.0 Å². The van der Waals surface area contributed by atoms with Crippen molar-refractivity contribution in [3.8, 4) is 5.75 Å². The zero-order chi connectivity index (χ0) is 22.9. The first-order valence-electron chi connectivity index (χ1n) is 9.86. The molecule has 0 bridgehead atoms. The predicted molar refractivity (Wildman–Crippen MR) is 109 cm³/mol. The van der Waals surface area contributed by atoms with Crippen LogP contribution in [0.15, 0.2) is 30.5 Å². The van der Waals surface area contributed by atoms with Crippen LogP contribution in [-0.4, -0.2) is 46.5 Å². The Morgan fingerprint density at radius 1 is 1.35 bits per heavy atom. The van der Waals surface area contributed by atoms with Gasteiger partial charge in [-0.05, 0) is 38.0 Å². The van der Waals surface area contributed by atoms with E-state index in [0.717, 1.165) is 6.07 Å². The van der Waals surface area contributed by atoms with Crippen LogP contribution in [0.25, 0.3) is 0 Å². The monoisotopic (exact) mass is 436 g/mol. The Bertz CT molecular complexity index is 969. The van der Waals surface area contributed by atoms with Crippen molar-refractivity contribution in [2.75, 3.05) is 19.0 Å². The fourth-order valence-corrected chi connectivity index (χ4v) is 3.88. The first-order valence-corrected chi connectivity index (χ1v) is 9.86. The van der Waals surface area contributed by atoms with Crippen LogP contribution in [0, 0.1) is 17.6 Å². The van der Waals surface area contributed by atoms with Crippen molar-refractivity contribution in [2.45, 2.75) is 44.5 Å². The highest BCUT2D eigenvalue weighted by Crippen LogP contribution is 2.49. The van der Waals surface area contributed by atoms with Gasteiger partial charge in [-0.3, -0.25) is 9.78 Å². The summed E-state index contributed by atoms with van der Waals surface area (Å²) in [7, 11) is 1.24. The number of benzene rings is 1. The second-order valence-electron chi connectivity index (χ2n) is 8.10. The number of carbonyl (C=O) groups excluding carboxylic acids is 1. The second kappa shape index (κ2) is 8.86. The fourth-order valence-electron chi connectivity index (χ4n) is 3.88. The van der Waals surface area contributed by atoms with Crippen molar-refractivity contribution in [1.82, 2.24) is 4.98 Å².